The average molecular weight is 429 g/mol. The normalized spacial score (nSPS) is 13.5. The van der Waals surface area contributed by atoms with Crippen LogP contribution >= 0.6 is 0 Å². The fourth-order valence-electron chi connectivity index (χ4n) is 3.62. The number of hydrogen-bond acceptors (Lipinski definition) is 4. The highest BCUT2D eigenvalue weighted by atomic mass is 16.6. The Bertz CT molecular complexity index is 1160. The number of rotatable bonds is 4. The highest BCUT2D eigenvalue weighted by Crippen LogP contribution is 2.33. The van der Waals surface area contributed by atoms with Crippen molar-refractivity contribution < 1.29 is 14.3 Å². The Labute approximate surface area is 188 Å². The molecule has 0 bridgehead atoms. The van der Waals surface area contributed by atoms with Crippen LogP contribution in [0.5, 0.6) is 11.5 Å². The standard InChI is InChI=1S/C27H28N2O3/c1-27(2,3)20-9-7-18(8-10-20)23(19-5-4-6-21(28)15-19)17-26(30)29-22-11-12-24-25(16-22)32-14-13-31-24/h4-12,15-17H,13-14,28H2,1-3H3,(H,29,30). The lowest BCUT2D eigenvalue weighted by molar-refractivity contribution is -0.111. The van der Waals surface area contributed by atoms with Crippen LogP contribution < -0.4 is 20.5 Å². The Kier molecular flexibility index (Phi) is 5.91. The van der Waals surface area contributed by atoms with Crippen molar-refractivity contribution in [3.8, 4) is 11.5 Å². The molecule has 1 aliphatic rings. The predicted octanol–water partition coefficient (Wildman–Crippen LogP) is 5.41. The lowest BCUT2D eigenvalue weighted by Crippen LogP contribution is -2.16. The summed E-state index contributed by atoms with van der Waals surface area (Å²) < 4.78 is 11.2. The first-order valence-corrected chi connectivity index (χ1v) is 10.7. The van der Waals surface area contributed by atoms with Crippen LogP contribution in [0.15, 0.2) is 72.8 Å². The zero-order chi connectivity index (χ0) is 22.7. The zero-order valence-corrected chi connectivity index (χ0v) is 18.6. The molecule has 0 aliphatic carbocycles. The molecule has 32 heavy (non-hydrogen) atoms. The van der Waals surface area contributed by atoms with E-state index in [0.29, 0.717) is 36.1 Å². The first-order valence-electron chi connectivity index (χ1n) is 10.7. The Balaban J connectivity index is 1.65. The number of nitrogens with one attached hydrogen (secondary N) is 1. The summed E-state index contributed by atoms with van der Waals surface area (Å²) in [6.07, 6.45) is 1.61. The van der Waals surface area contributed by atoms with E-state index in [1.807, 2.05) is 36.4 Å². The predicted molar refractivity (Wildman–Crippen MR) is 129 cm³/mol. The second kappa shape index (κ2) is 8.79. The van der Waals surface area contributed by atoms with Gasteiger partial charge in [-0.15, -0.1) is 0 Å². The van der Waals surface area contributed by atoms with Crippen LogP contribution in [0, 0.1) is 0 Å². The van der Waals surface area contributed by atoms with E-state index in [2.05, 4.69) is 38.2 Å². The Hall–Kier alpha value is -3.73. The van der Waals surface area contributed by atoms with Crippen LogP contribution in [0.3, 0.4) is 0 Å². The summed E-state index contributed by atoms with van der Waals surface area (Å²) in [5.74, 6) is 1.08. The topological polar surface area (TPSA) is 73.6 Å². The van der Waals surface area contributed by atoms with Crippen molar-refractivity contribution in [3.05, 3.63) is 89.5 Å². The summed E-state index contributed by atoms with van der Waals surface area (Å²) in [6.45, 7) is 7.56. The van der Waals surface area contributed by atoms with Gasteiger partial charge in [0.25, 0.3) is 0 Å². The highest BCUT2D eigenvalue weighted by molar-refractivity contribution is 6.06. The number of carbonyl (C=O) groups is 1. The molecule has 0 unspecified atom stereocenters. The van der Waals surface area contributed by atoms with E-state index in [0.717, 1.165) is 16.7 Å². The molecule has 0 spiro atoms. The number of ether oxygens (including phenoxy) is 2. The van der Waals surface area contributed by atoms with Crippen molar-refractivity contribution in [1.82, 2.24) is 0 Å². The van der Waals surface area contributed by atoms with Gasteiger partial charge in [0.05, 0.1) is 0 Å². The van der Waals surface area contributed by atoms with Crippen LogP contribution in [0.25, 0.3) is 5.57 Å². The molecule has 0 fully saturated rings. The lowest BCUT2D eigenvalue weighted by atomic mass is 9.85. The van der Waals surface area contributed by atoms with E-state index in [-0.39, 0.29) is 11.3 Å². The smallest absolute Gasteiger partial charge is 0.249 e. The minimum atomic E-state index is -0.237. The number of hydrogen-bond donors (Lipinski definition) is 2. The molecule has 0 radical (unpaired) electrons. The van der Waals surface area contributed by atoms with Crippen LogP contribution in [-0.2, 0) is 10.2 Å². The van der Waals surface area contributed by atoms with E-state index in [4.69, 9.17) is 15.2 Å². The lowest BCUT2D eigenvalue weighted by Gasteiger charge is -2.20. The number of amides is 1. The average Bonchev–Trinajstić information content (AvgIpc) is 2.77. The van der Waals surface area contributed by atoms with Gasteiger partial charge in [-0.25, -0.2) is 0 Å². The van der Waals surface area contributed by atoms with E-state index in [9.17, 15) is 4.79 Å². The van der Waals surface area contributed by atoms with Crippen molar-refractivity contribution in [2.75, 3.05) is 24.3 Å². The van der Waals surface area contributed by atoms with Crippen LogP contribution in [0.1, 0.15) is 37.5 Å². The summed E-state index contributed by atoms with van der Waals surface area (Å²) in [7, 11) is 0. The third-order valence-electron chi connectivity index (χ3n) is 5.34. The van der Waals surface area contributed by atoms with E-state index in [1.54, 1.807) is 24.3 Å². The molecule has 0 atom stereocenters. The summed E-state index contributed by atoms with van der Waals surface area (Å²) >= 11 is 0. The molecule has 0 saturated heterocycles. The first-order chi connectivity index (χ1) is 15.3. The van der Waals surface area contributed by atoms with Crippen LogP contribution in [0.4, 0.5) is 11.4 Å². The second-order valence-corrected chi connectivity index (χ2v) is 8.86. The third kappa shape index (κ3) is 4.94. The molecule has 0 saturated carbocycles. The van der Waals surface area contributed by atoms with Gasteiger partial charge < -0.3 is 20.5 Å². The van der Waals surface area contributed by atoms with Crippen molar-refractivity contribution in [1.29, 1.82) is 0 Å². The largest absolute Gasteiger partial charge is 0.486 e. The quantitative estimate of drug-likeness (QED) is 0.431. The minimum absolute atomic E-state index is 0.0508. The Morgan fingerprint density at radius 3 is 2.31 bits per heavy atom. The number of anilines is 2. The summed E-state index contributed by atoms with van der Waals surface area (Å²) in [4.78, 5) is 13.0. The number of carbonyl (C=O) groups excluding carboxylic acids is 1. The van der Waals surface area contributed by atoms with Gasteiger partial charge in [-0.1, -0.05) is 57.2 Å². The minimum Gasteiger partial charge on any atom is -0.486 e. The molecule has 3 aromatic rings. The maximum Gasteiger partial charge on any atom is 0.249 e. The molecule has 164 valence electrons. The highest BCUT2D eigenvalue weighted by Gasteiger charge is 2.16. The molecule has 5 nitrogen and oxygen atoms in total. The molecule has 5 heteroatoms. The Morgan fingerprint density at radius 2 is 1.62 bits per heavy atom. The van der Waals surface area contributed by atoms with Crippen LogP contribution in [0.2, 0.25) is 0 Å². The maximum atomic E-state index is 13.0. The van der Waals surface area contributed by atoms with Gasteiger partial charge in [-0.05, 0) is 51.9 Å². The molecule has 3 N–H and O–H groups in total. The summed E-state index contributed by atoms with van der Waals surface area (Å²) in [5, 5.41) is 2.93. The third-order valence-corrected chi connectivity index (χ3v) is 5.34. The number of nitrogens with two attached hydrogens (primary N) is 1. The van der Waals surface area contributed by atoms with Gasteiger partial charge in [0, 0.05) is 23.5 Å². The van der Waals surface area contributed by atoms with Gasteiger partial charge in [-0.3, -0.25) is 4.79 Å². The fourth-order valence-corrected chi connectivity index (χ4v) is 3.62. The maximum absolute atomic E-state index is 13.0. The molecular formula is C27H28N2O3. The number of nitrogen functional groups attached to an aromatic ring is 1. The zero-order valence-electron chi connectivity index (χ0n) is 18.6. The van der Waals surface area contributed by atoms with Gasteiger partial charge in [-0.2, -0.15) is 0 Å². The molecule has 3 aromatic carbocycles. The monoisotopic (exact) mass is 428 g/mol. The number of fused-ring (bicyclic) bond motifs is 1. The summed E-state index contributed by atoms with van der Waals surface area (Å²) in [6, 6.07) is 21.2. The van der Waals surface area contributed by atoms with Gasteiger partial charge in [0.15, 0.2) is 11.5 Å². The van der Waals surface area contributed by atoms with E-state index in [1.165, 1.54) is 5.56 Å². The molecule has 4 rings (SSSR count). The first kappa shape index (κ1) is 21.5. The second-order valence-electron chi connectivity index (χ2n) is 8.86. The molecule has 1 aliphatic heterocycles. The van der Waals surface area contributed by atoms with Crippen molar-refractivity contribution >= 4 is 22.9 Å². The van der Waals surface area contributed by atoms with E-state index < -0.39 is 0 Å². The number of benzene rings is 3. The molecule has 1 amide bonds. The molecule has 0 aromatic heterocycles. The summed E-state index contributed by atoms with van der Waals surface area (Å²) in [5.41, 5.74) is 11.2. The van der Waals surface area contributed by atoms with Crippen molar-refractivity contribution in [2.45, 2.75) is 26.2 Å². The van der Waals surface area contributed by atoms with Gasteiger partial charge in [0.2, 0.25) is 5.91 Å². The van der Waals surface area contributed by atoms with Crippen molar-refractivity contribution in [3.63, 3.8) is 0 Å². The fraction of sp³-hybridized carbons (Fsp3) is 0.222. The van der Waals surface area contributed by atoms with Gasteiger partial charge in [0.1, 0.15) is 13.2 Å². The SMILES string of the molecule is CC(C)(C)c1ccc(C(=CC(=O)Nc2ccc3c(c2)OCCO3)c2cccc(N)c2)cc1. The van der Waals surface area contributed by atoms with Crippen molar-refractivity contribution in [2.24, 2.45) is 0 Å². The molecule has 1 heterocycles. The van der Waals surface area contributed by atoms with Crippen LogP contribution in [-0.4, -0.2) is 19.1 Å². The van der Waals surface area contributed by atoms with E-state index >= 15 is 0 Å². The molecular weight excluding hydrogens is 400 g/mol. The van der Waals surface area contributed by atoms with Gasteiger partial charge >= 0.3 is 0 Å². The Morgan fingerprint density at radius 1 is 0.906 bits per heavy atom.